The predicted molar refractivity (Wildman–Crippen MR) is 50.5 cm³/mol. The van der Waals surface area contributed by atoms with Gasteiger partial charge >= 0.3 is 0 Å². The molecule has 0 radical (unpaired) electrons. The zero-order valence-corrected chi connectivity index (χ0v) is 7.26. The second-order valence-electron chi connectivity index (χ2n) is 3.50. The third-order valence-corrected chi connectivity index (χ3v) is 2.76. The van der Waals surface area contributed by atoms with E-state index in [0.717, 1.165) is 11.8 Å². The van der Waals surface area contributed by atoms with Gasteiger partial charge in [0.1, 0.15) is 0 Å². The first-order chi connectivity index (χ1) is 5.38. The van der Waals surface area contributed by atoms with Gasteiger partial charge in [0.25, 0.3) is 0 Å². The standard InChI is InChI=1S/C11H18/c1-3-6-10-8-5-9-11(10)7-4-2/h3-4,10-11H,1-2,5-9H2. The summed E-state index contributed by atoms with van der Waals surface area (Å²) in [6.07, 6.45) is 10.8. The van der Waals surface area contributed by atoms with Crippen LogP contribution in [0, 0.1) is 11.8 Å². The smallest absolute Gasteiger partial charge is 0.0322 e. The highest BCUT2D eigenvalue weighted by Crippen LogP contribution is 2.36. The van der Waals surface area contributed by atoms with E-state index in [1.165, 1.54) is 32.1 Å². The molecular formula is C11H18. The van der Waals surface area contributed by atoms with Crippen molar-refractivity contribution in [3.8, 4) is 0 Å². The largest absolute Gasteiger partial charge is 0.103 e. The number of rotatable bonds is 4. The Balaban J connectivity index is 2.36. The van der Waals surface area contributed by atoms with Crippen LogP contribution in [-0.4, -0.2) is 0 Å². The minimum absolute atomic E-state index is 0.908. The van der Waals surface area contributed by atoms with Gasteiger partial charge < -0.3 is 0 Å². The van der Waals surface area contributed by atoms with Gasteiger partial charge in [0.05, 0.1) is 0 Å². The molecule has 0 heteroatoms. The molecule has 0 heterocycles. The van der Waals surface area contributed by atoms with Gasteiger partial charge in [-0.1, -0.05) is 18.6 Å². The maximum Gasteiger partial charge on any atom is -0.0322 e. The maximum absolute atomic E-state index is 3.79. The molecule has 0 saturated heterocycles. The van der Waals surface area contributed by atoms with Gasteiger partial charge in [-0.25, -0.2) is 0 Å². The molecule has 1 fully saturated rings. The predicted octanol–water partition coefficient (Wildman–Crippen LogP) is 3.55. The van der Waals surface area contributed by atoms with Gasteiger partial charge in [-0.2, -0.15) is 0 Å². The zero-order chi connectivity index (χ0) is 8.10. The Bertz CT molecular complexity index is 119. The fourth-order valence-corrected chi connectivity index (χ4v) is 2.16. The zero-order valence-electron chi connectivity index (χ0n) is 7.26. The average Bonchev–Trinajstić information content (AvgIpc) is 2.39. The Morgan fingerprint density at radius 1 is 1.00 bits per heavy atom. The van der Waals surface area contributed by atoms with Gasteiger partial charge in [0.15, 0.2) is 0 Å². The molecule has 0 N–H and O–H groups in total. The van der Waals surface area contributed by atoms with Crippen LogP contribution < -0.4 is 0 Å². The van der Waals surface area contributed by atoms with E-state index in [1.54, 1.807) is 0 Å². The summed E-state index contributed by atoms with van der Waals surface area (Å²) < 4.78 is 0. The molecule has 0 bridgehead atoms. The molecule has 2 atom stereocenters. The number of allylic oxidation sites excluding steroid dienone is 2. The Kier molecular flexibility index (Phi) is 3.41. The molecule has 0 spiro atoms. The van der Waals surface area contributed by atoms with Crippen LogP contribution in [0.1, 0.15) is 32.1 Å². The summed E-state index contributed by atoms with van der Waals surface area (Å²) in [7, 11) is 0. The Hall–Kier alpha value is -0.520. The molecule has 1 aliphatic rings. The summed E-state index contributed by atoms with van der Waals surface area (Å²) in [6, 6.07) is 0. The fraction of sp³-hybridized carbons (Fsp3) is 0.636. The van der Waals surface area contributed by atoms with E-state index in [1.807, 2.05) is 0 Å². The first-order valence-corrected chi connectivity index (χ1v) is 4.60. The third kappa shape index (κ3) is 2.21. The van der Waals surface area contributed by atoms with E-state index in [2.05, 4.69) is 25.3 Å². The number of hydrogen-bond acceptors (Lipinski definition) is 0. The molecule has 0 aromatic carbocycles. The van der Waals surface area contributed by atoms with Gasteiger partial charge in [0.2, 0.25) is 0 Å². The summed E-state index contributed by atoms with van der Waals surface area (Å²) in [5, 5.41) is 0. The minimum atomic E-state index is 0.908. The van der Waals surface area contributed by atoms with E-state index < -0.39 is 0 Å². The van der Waals surface area contributed by atoms with Crippen LogP contribution in [-0.2, 0) is 0 Å². The van der Waals surface area contributed by atoms with E-state index in [4.69, 9.17) is 0 Å². The normalized spacial score (nSPS) is 30.2. The van der Waals surface area contributed by atoms with Gasteiger partial charge in [0, 0.05) is 0 Å². The molecular weight excluding hydrogens is 132 g/mol. The van der Waals surface area contributed by atoms with Crippen molar-refractivity contribution < 1.29 is 0 Å². The lowest BCUT2D eigenvalue weighted by atomic mass is 9.90. The lowest BCUT2D eigenvalue weighted by molar-refractivity contribution is 0.395. The monoisotopic (exact) mass is 150 g/mol. The molecule has 1 aliphatic carbocycles. The van der Waals surface area contributed by atoms with Crippen molar-refractivity contribution >= 4 is 0 Å². The molecule has 0 amide bonds. The van der Waals surface area contributed by atoms with Crippen LogP contribution in [0.2, 0.25) is 0 Å². The second kappa shape index (κ2) is 4.38. The summed E-state index contributed by atoms with van der Waals surface area (Å²) in [4.78, 5) is 0. The maximum atomic E-state index is 3.79. The quantitative estimate of drug-likeness (QED) is 0.537. The van der Waals surface area contributed by atoms with Crippen LogP contribution in [0.4, 0.5) is 0 Å². The average molecular weight is 150 g/mol. The SMILES string of the molecule is C=CCC1CCCC1CC=C. The molecule has 11 heavy (non-hydrogen) atoms. The first-order valence-electron chi connectivity index (χ1n) is 4.60. The third-order valence-electron chi connectivity index (χ3n) is 2.76. The molecule has 62 valence electrons. The Labute approximate surface area is 70.0 Å². The summed E-state index contributed by atoms with van der Waals surface area (Å²) in [5.74, 6) is 1.82. The van der Waals surface area contributed by atoms with Crippen molar-refractivity contribution in [1.82, 2.24) is 0 Å². The summed E-state index contributed by atoms with van der Waals surface area (Å²) in [6.45, 7) is 7.59. The van der Waals surface area contributed by atoms with Crippen LogP contribution in [0.15, 0.2) is 25.3 Å². The molecule has 1 rings (SSSR count). The Morgan fingerprint density at radius 3 is 1.82 bits per heavy atom. The van der Waals surface area contributed by atoms with E-state index >= 15 is 0 Å². The van der Waals surface area contributed by atoms with E-state index in [9.17, 15) is 0 Å². The highest BCUT2D eigenvalue weighted by atomic mass is 14.3. The van der Waals surface area contributed by atoms with Gasteiger partial charge in [-0.3, -0.25) is 0 Å². The fourth-order valence-electron chi connectivity index (χ4n) is 2.16. The highest BCUT2D eigenvalue weighted by molar-refractivity contribution is 4.86. The highest BCUT2D eigenvalue weighted by Gasteiger charge is 2.24. The van der Waals surface area contributed by atoms with Crippen molar-refractivity contribution in [3.63, 3.8) is 0 Å². The molecule has 1 saturated carbocycles. The second-order valence-corrected chi connectivity index (χ2v) is 3.50. The Morgan fingerprint density at radius 2 is 1.45 bits per heavy atom. The minimum Gasteiger partial charge on any atom is -0.103 e. The van der Waals surface area contributed by atoms with Crippen molar-refractivity contribution in [1.29, 1.82) is 0 Å². The number of hydrogen-bond donors (Lipinski definition) is 0. The molecule has 0 aliphatic heterocycles. The lowest BCUT2D eigenvalue weighted by Crippen LogP contribution is -2.05. The van der Waals surface area contributed by atoms with E-state index in [0.29, 0.717) is 0 Å². The van der Waals surface area contributed by atoms with Crippen molar-refractivity contribution in [3.05, 3.63) is 25.3 Å². The van der Waals surface area contributed by atoms with Crippen LogP contribution >= 0.6 is 0 Å². The van der Waals surface area contributed by atoms with Crippen molar-refractivity contribution in [2.75, 3.05) is 0 Å². The topological polar surface area (TPSA) is 0 Å². The van der Waals surface area contributed by atoms with Crippen LogP contribution in [0.3, 0.4) is 0 Å². The molecule has 2 unspecified atom stereocenters. The summed E-state index contributed by atoms with van der Waals surface area (Å²) >= 11 is 0. The van der Waals surface area contributed by atoms with Gasteiger partial charge in [-0.05, 0) is 37.5 Å². The van der Waals surface area contributed by atoms with E-state index in [-0.39, 0.29) is 0 Å². The lowest BCUT2D eigenvalue weighted by Gasteiger charge is -2.15. The van der Waals surface area contributed by atoms with Crippen molar-refractivity contribution in [2.24, 2.45) is 11.8 Å². The van der Waals surface area contributed by atoms with Crippen LogP contribution in [0.25, 0.3) is 0 Å². The molecule has 0 aromatic heterocycles. The van der Waals surface area contributed by atoms with Crippen LogP contribution in [0.5, 0.6) is 0 Å². The summed E-state index contributed by atoms with van der Waals surface area (Å²) in [5.41, 5.74) is 0. The molecule has 0 aromatic rings. The van der Waals surface area contributed by atoms with Crippen molar-refractivity contribution in [2.45, 2.75) is 32.1 Å². The van der Waals surface area contributed by atoms with Gasteiger partial charge in [-0.15, -0.1) is 13.2 Å². The first kappa shape index (κ1) is 8.58. The molecule has 0 nitrogen and oxygen atoms in total.